The highest BCUT2D eigenvalue weighted by molar-refractivity contribution is 7.89. The molecule has 3 heterocycles. The topological polar surface area (TPSA) is 128 Å². The average molecular weight is 550 g/mol. The summed E-state index contributed by atoms with van der Waals surface area (Å²) >= 11 is 0. The van der Waals surface area contributed by atoms with Gasteiger partial charge in [-0.05, 0) is 66.3 Å². The van der Waals surface area contributed by atoms with E-state index in [4.69, 9.17) is 4.74 Å². The number of carboxylic acid groups (broad SMARTS) is 1. The number of aryl methyl sites for hydroxylation is 3. The number of rotatable bonds is 7. The molecule has 0 fully saturated rings. The second-order valence-electron chi connectivity index (χ2n) is 9.95. The summed E-state index contributed by atoms with van der Waals surface area (Å²) in [7, 11) is -2.06. The molecule has 1 aliphatic heterocycles. The van der Waals surface area contributed by atoms with Crippen molar-refractivity contribution in [3.63, 3.8) is 0 Å². The molecule has 2 aromatic carbocycles. The lowest BCUT2D eigenvalue weighted by Gasteiger charge is -2.24. The van der Waals surface area contributed by atoms with Crippen LogP contribution in [0.3, 0.4) is 0 Å². The van der Waals surface area contributed by atoms with Gasteiger partial charge in [-0.25, -0.2) is 18.1 Å². The van der Waals surface area contributed by atoms with Crippen molar-refractivity contribution in [3.05, 3.63) is 76.5 Å². The van der Waals surface area contributed by atoms with Crippen LogP contribution in [-0.4, -0.2) is 56.4 Å². The SMILES string of the molecule is CCC1CN(Cc2cc(C(CC(=O)O)c3ccc4c(nnn4C)c3C)ccc2C)S(=O)(=O)c2cccnc2O1. The van der Waals surface area contributed by atoms with Crippen molar-refractivity contribution in [2.45, 2.75) is 57.1 Å². The Labute approximate surface area is 227 Å². The van der Waals surface area contributed by atoms with Crippen LogP contribution >= 0.6 is 0 Å². The minimum atomic E-state index is -3.88. The molecule has 0 saturated heterocycles. The van der Waals surface area contributed by atoms with Gasteiger partial charge in [-0.15, -0.1) is 5.10 Å². The van der Waals surface area contributed by atoms with E-state index in [1.54, 1.807) is 10.7 Å². The number of aliphatic carboxylic acids is 1. The minimum absolute atomic E-state index is 0.0476. The first-order chi connectivity index (χ1) is 18.6. The summed E-state index contributed by atoms with van der Waals surface area (Å²) in [4.78, 5) is 16.2. The second kappa shape index (κ2) is 10.4. The molecule has 4 aromatic rings. The molecule has 0 amide bonds. The molecule has 11 heteroatoms. The number of carbonyl (C=O) groups is 1. The third kappa shape index (κ3) is 4.99. The first-order valence-corrected chi connectivity index (χ1v) is 14.3. The lowest BCUT2D eigenvalue weighted by atomic mass is 9.84. The van der Waals surface area contributed by atoms with Gasteiger partial charge in [-0.2, -0.15) is 4.31 Å². The Morgan fingerprint density at radius 2 is 2.00 bits per heavy atom. The molecule has 10 nitrogen and oxygen atoms in total. The van der Waals surface area contributed by atoms with E-state index in [-0.39, 0.29) is 36.4 Å². The van der Waals surface area contributed by atoms with Crippen LogP contribution in [0.4, 0.5) is 0 Å². The quantitative estimate of drug-likeness (QED) is 0.367. The summed E-state index contributed by atoms with van der Waals surface area (Å²) in [5.41, 5.74) is 5.82. The molecule has 204 valence electrons. The number of carboxylic acids is 1. The fourth-order valence-electron chi connectivity index (χ4n) is 5.16. The number of aromatic nitrogens is 4. The van der Waals surface area contributed by atoms with E-state index >= 15 is 0 Å². The maximum absolute atomic E-state index is 13.7. The van der Waals surface area contributed by atoms with Crippen LogP contribution in [0.25, 0.3) is 11.0 Å². The fourth-order valence-corrected chi connectivity index (χ4v) is 6.68. The molecule has 5 rings (SSSR count). The predicted molar refractivity (Wildman–Crippen MR) is 145 cm³/mol. The van der Waals surface area contributed by atoms with Gasteiger partial charge in [0.1, 0.15) is 16.5 Å². The van der Waals surface area contributed by atoms with Crippen molar-refractivity contribution in [2.24, 2.45) is 7.05 Å². The van der Waals surface area contributed by atoms with Crippen LogP contribution in [-0.2, 0) is 28.4 Å². The van der Waals surface area contributed by atoms with E-state index in [0.717, 1.165) is 38.9 Å². The van der Waals surface area contributed by atoms with Gasteiger partial charge in [0.15, 0.2) is 0 Å². The van der Waals surface area contributed by atoms with E-state index < -0.39 is 21.9 Å². The van der Waals surface area contributed by atoms with Gasteiger partial charge in [-0.3, -0.25) is 4.79 Å². The van der Waals surface area contributed by atoms with Gasteiger partial charge in [0.25, 0.3) is 0 Å². The van der Waals surface area contributed by atoms with Crippen LogP contribution in [0.1, 0.15) is 53.5 Å². The third-order valence-corrected chi connectivity index (χ3v) is 9.28. The van der Waals surface area contributed by atoms with Crippen LogP contribution in [0.5, 0.6) is 5.88 Å². The number of hydrogen-bond acceptors (Lipinski definition) is 7. The highest BCUT2D eigenvalue weighted by atomic mass is 32.2. The Morgan fingerprint density at radius 3 is 2.74 bits per heavy atom. The van der Waals surface area contributed by atoms with Crippen LogP contribution in [0.2, 0.25) is 0 Å². The highest BCUT2D eigenvalue weighted by Gasteiger charge is 2.35. The molecule has 1 N–H and O–H groups in total. The molecule has 2 aromatic heterocycles. The van der Waals surface area contributed by atoms with Gasteiger partial charge in [0, 0.05) is 25.7 Å². The van der Waals surface area contributed by atoms with Crippen molar-refractivity contribution in [3.8, 4) is 5.88 Å². The number of fused-ring (bicyclic) bond motifs is 2. The maximum Gasteiger partial charge on any atom is 0.304 e. The summed E-state index contributed by atoms with van der Waals surface area (Å²) in [6.07, 6.45) is 1.67. The van der Waals surface area contributed by atoms with Crippen molar-refractivity contribution >= 4 is 27.0 Å². The van der Waals surface area contributed by atoms with Crippen molar-refractivity contribution in [1.82, 2.24) is 24.3 Å². The molecule has 2 atom stereocenters. The summed E-state index contributed by atoms with van der Waals surface area (Å²) < 4.78 is 36.4. The summed E-state index contributed by atoms with van der Waals surface area (Å²) in [5.74, 6) is -1.26. The molecule has 0 bridgehead atoms. The molecule has 1 aliphatic rings. The summed E-state index contributed by atoms with van der Waals surface area (Å²) in [6.45, 7) is 6.10. The first kappa shape index (κ1) is 26.8. The Kier molecular flexibility index (Phi) is 7.13. The fraction of sp³-hybridized carbons (Fsp3) is 0.357. The zero-order valence-electron chi connectivity index (χ0n) is 22.3. The molecule has 0 spiro atoms. The van der Waals surface area contributed by atoms with E-state index in [2.05, 4.69) is 15.3 Å². The monoisotopic (exact) mass is 549 g/mol. The standard InChI is InChI=1S/C28H31N5O5S/c1-5-21-16-33(39(36,37)25-7-6-12-29-28(25)38-21)15-20-13-19(9-8-17(20)2)23(14-26(34)35)22-10-11-24-27(18(22)3)30-31-32(24)4/h6-13,21,23H,5,14-16H2,1-4H3,(H,34,35). The lowest BCUT2D eigenvalue weighted by molar-refractivity contribution is -0.137. The lowest BCUT2D eigenvalue weighted by Crippen LogP contribution is -2.36. The molecule has 0 saturated carbocycles. The van der Waals surface area contributed by atoms with Gasteiger partial charge < -0.3 is 9.84 Å². The molecular weight excluding hydrogens is 518 g/mol. The number of pyridine rings is 1. The van der Waals surface area contributed by atoms with Crippen LogP contribution in [0, 0.1) is 13.8 Å². The van der Waals surface area contributed by atoms with Crippen molar-refractivity contribution in [1.29, 1.82) is 0 Å². The average Bonchev–Trinajstić information content (AvgIpc) is 3.24. The maximum atomic E-state index is 13.7. The Bertz CT molecular complexity index is 1670. The number of nitrogens with zero attached hydrogens (tertiary/aromatic N) is 5. The molecule has 39 heavy (non-hydrogen) atoms. The molecule has 2 unspecified atom stereocenters. The Balaban J connectivity index is 1.56. The van der Waals surface area contributed by atoms with Crippen LogP contribution in [0.15, 0.2) is 53.6 Å². The number of ether oxygens (including phenoxy) is 1. The van der Waals surface area contributed by atoms with Gasteiger partial charge in [-0.1, -0.05) is 36.4 Å². The Morgan fingerprint density at radius 1 is 1.21 bits per heavy atom. The van der Waals surface area contributed by atoms with E-state index in [9.17, 15) is 18.3 Å². The largest absolute Gasteiger partial charge is 0.481 e. The van der Waals surface area contributed by atoms with E-state index in [0.29, 0.717) is 6.42 Å². The molecule has 0 aliphatic carbocycles. The minimum Gasteiger partial charge on any atom is -0.481 e. The number of hydrogen-bond donors (Lipinski definition) is 1. The summed E-state index contributed by atoms with van der Waals surface area (Å²) in [5, 5.41) is 18.2. The molecular formula is C28H31N5O5S. The second-order valence-corrected chi connectivity index (χ2v) is 11.9. The van der Waals surface area contributed by atoms with Crippen LogP contribution < -0.4 is 4.74 Å². The first-order valence-electron chi connectivity index (χ1n) is 12.8. The third-order valence-electron chi connectivity index (χ3n) is 7.45. The normalized spacial score (nSPS) is 17.8. The highest BCUT2D eigenvalue weighted by Crippen LogP contribution is 2.35. The predicted octanol–water partition coefficient (Wildman–Crippen LogP) is 3.95. The van der Waals surface area contributed by atoms with Gasteiger partial charge in [0.05, 0.1) is 18.5 Å². The van der Waals surface area contributed by atoms with Gasteiger partial charge in [0.2, 0.25) is 15.9 Å². The molecule has 0 radical (unpaired) electrons. The zero-order chi connectivity index (χ0) is 27.9. The van der Waals surface area contributed by atoms with E-state index in [1.807, 2.05) is 58.2 Å². The number of sulfonamides is 1. The van der Waals surface area contributed by atoms with Crippen molar-refractivity contribution in [2.75, 3.05) is 6.54 Å². The Hall–Kier alpha value is -3.83. The van der Waals surface area contributed by atoms with Crippen molar-refractivity contribution < 1.29 is 23.1 Å². The zero-order valence-corrected chi connectivity index (χ0v) is 23.1. The summed E-state index contributed by atoms with van der Waals surface area (Å²) in [6, 6.07) is 12.7. The van der Waals surface area contributed by atoms with E-state index in [1.165, 1.54) is 16.6 Å². The smallest absolute Gasteiger partial charge is 0.304 e. The number of benzene rings is 2. The van der Waals surface area contributed by atoms with Gasteiger partial charge >= 0.3 is 5.97 Å².